The molecule has 0 aromatic carbocycles. The van der Waals surface area contributed by atoms with Crippen molar-refractivity contribution in [3.8, 4) is 0 Å². The molecule has 1 saturated heterocycles. The molecule has 1 unspecified atom stereocenters. The molecular formula is C12H24N2O. The van der Waals surface area contributed by atoms with Gasteiger partial charge in [0.1, 0.15) is 0 Å². The molecule has 0 spiro atoms. The van der Waals surface area contributed by atoms with E-state index in [1.165, 1.54) is 0 Å². The van der Waals surface area contributed by atoms with Crippen LogP contribution in [0.1, 0.15) is 46.0 Å². The number of unbranched alkanes of at least 4 members (excludes halogenated alkanes) is 1. The second-order valence-electron chi connectivity index (χ2n) is 4.57. The lowest BCUT2D eigenvalue weighted by molar-refractivity contribution is -0.130. The predicted molar refractivity (Wildman–Crippen MR) is 62.7 cm³/mol. The Hall–Kier alpha value is -0.570. The van der Waals surface area contributed by atoms with Crippen LogP contribution in [-0.2, 0) is 4.79 Å². The van der Waals surface area contributed by atoms with Crippen molar-refractivity contribution in [2.75, 3.05) is 19.6 Å². The van der Waals surface area contributed by atoms with E-state index in [-0.39, 0.29) is 11.3 Å². The van der Waals surface area contributed by atoms with Gasteiger partial charge in [-0.3, -0.25) is 4.79 Å². The molecule has 1 aliphatic heterocycles. The Morgan fingerprint density at radius 3 is 2.73 bits per heavy atom. The van der Waals surface area contributed by atoms with E-state index in [4.69, 9.17) is 0 Å². The summed E-state index contributed by atoms with van der Waals surface area (Å²) in [6, 6.07) is 0. The first kappa shape index (κ1) is 12.5. The van der Waals surface area contributed by atoms with Crippen molar-refractivity contribution < 1.29 is 4.79 Å². The fraction of sp³-hybridized carbons (Fsp3) is 0.917. The molecule has 1 amide bonds. The number of hydrogen-bond donors (Lipinski definition) is 2. The lowest BCUT2D eigenvalue weighted by Crippen LogP contribution is -2.42. The van der Waals surface area contributed by atoms with E-state index in [1.54, 1.807) is 0 Å². The lowest BCUT2D eigenvalue weighted by atomic mass is 9.81. The Kier molecular flexibility index (Phi) is 5.09. The van der Waals surface area contributed by atoms with Crippen LogP contribution in [0.15, 0.2) is 0 Å². The standard InChI is InChI=1S/C12H24N2O/c1-3-5-8-14-11(15)12(6-4-2)7-9-13-10-12/h13H,3-10H2,1-2H3,(H,14,15). The molecule has 1 heterocycles. The highest BCUT2D eigenvalue weighted by atomic mass is 16.2. The summed E-state index contributed by atoms with van der Waals surface area (Å²) in [5.74, 6) is 0.266. The zero-order valence-corrected chi connectivity index (χ0v) is 10.1. The predicted octanol–water partition coefficient (Wildman–Crippen LogP) is 1.68. The number of carbonyl (C=O) groups excluding carboxylic acids is 1. The van der Waals surface area contributed by atoms with E-state index < -0.39 is 0 Å². The second-order valence-corrected chi connectivity index (χ2v) is 4.57. The number of amides is 1. The third kappa shape index (κ3) is 3.20. The van der Waals surface area contributed by atoms with Gasteiger partial charge in [-0.1, -0.05) is 26.7 Å². The summed E-state index contributed by atoms with van der Waals surface area (Å²) in [4.78, 5) is 12.1. The zero-order valence-electron chi connectivity index (χ0n) is 10.1. The van der Waals surface area contributed by atoms with Gasteiger partial charge in [-0.25, -0.2) is 0 Å². The Labute approximate surface area is 93.0 Å². The first-order valence-corrected chi connectivity index (χ1v) is 6.24. The Morgan fingerprint density at radius 2 is 2.20 bits per heavy atom. The van der Waals surface area contributed by atoms with Crippen LogP contribution in [0.5, 0.6) is 0 Å². The highest BCUT2D eigenvalue weighted by Crippen LogP contribution is 2.31. The van der Waals surface area contributed by atoms with E-state index >= 15 is 0 Å². The maximum absolute atomic E-state index is 12.1. The minimum atomic E-state index is -0.109. The lowest BCUT2D eigenvalue weighted by Gasteiger charge is -2.26. The van der Waals surface area contributed by atoms with Crippen molar-refractivity contribution in [3.63, 3.8) is 0 Å². The fourth-order valence-corrected chi connectivity index (χ4v) is 2.31. The Morgan fingerprint density at radius 1 is 1.40 bits per heavy atom. The van der Waals surface area contributed by atoms with Crippen LogP contribution < -0.4 is 10.6 Å². The number of hydrogen-bond acceptors (Lipinski definition) is 2. The van der Waals surface area contributed by atoms with Crippen molar-refractivity contribution in [2.45, 2.75) is 46.0 Å². The quantitative estimate of drug-likeness (QED) is 0.658. The smallest absolute Gasteiger partial charge is 0.227 e. The van der Waals surface area contributed by atoms with Gasteiger partial charge in [0, 0.05) is 13.1 Å². The van der Waals surface area contributed by atoms with Crippen molar-refractivity contribution in [1.82, 2.24) is 10.6 Å². The molecule has 2 N–H and O–H groups in total. The molecule has 0 radical (unpaired) electrons. The van der Waals surface area contributed by atoms with Gasteiger partial charge in [0.25, 0.3) is 0 Å². The minimum Gasteiger partial charge on any atom is -0.356 e. The number of rotatable bonds is 6. The average molecular weight is 212 g/mol. The van der Waals surface area contributed by atoms with E-state index in [2.05, 4.69) is 24.5 Å². The molecular weight excluding hydrogens is 188 g/mol. The summed E-state index contributed by atoms with van der Waals surface area (Å²) < 4.78 is 0. The van der Waals surface area contributed by atoms with Crippen LogP contribution in [-0.4, -0.2) is 25.5 Å². The summed E-state index contributed by atoms with van der Waals surface area (Å²) in [6.45, 7) is 6.98. The second kappa shape index (κ2) is 6.11. The van der Waals surface area contributed by atoms with Gasteiger partial charge in [0.15, 0.2) is 0 Å². The molecule has 1 rings (SSSR count). The summed E-state index contributed by atoms with van der Waals surface area (Å²) in [7, 11) is 0. The van der Waals surface area contributed by atoms with Gasteiger partial charge in [-0.05, 0) is 25.8 Å². The van der Waals surface area contributed by atoms with Crippen LogP contribution in [0.25, 0.3) is 0 Å². The molecule has 15 heavy (non-hydrogen) atoms. The largest absolute Gasteiger partial charge is 0.356 e. The van der Waals surface area contributed by atoms with E-state index in [1.807, 2.05) is 0 Å². The van der Waals surface area contributed by atoms with Gasteiger partial charge in [-0.2, -0.15) is 0 Å². The normalized spacial score (nSPS) is 25.5. The Balaban J connectivity index is 2.44. The van der Waals surface area contributed by atoms with E-state index in [9.17, 15) is 4.79 Å². The minimum absolute atomic E-state index is 0.109. The van der Waals surface area contributed by atoms with Gasteiger partial charge in [0.2, 0.25) is 5.91 Å². The van der Waals surface area contributed by atoms with Gasteiger partial charge >= 0.3 is 0 Å². The fourth-order valence-electron chi connectivity index (χ4n) is 2.31. The molecule has 3 nitrogen and oxygen atoms in total. The monoisotopic (exact) mass is 212 g/mol. The molecule has 0 aliphatic carbocycles. The van der Waals surface area contributed by atoms with E-state index in [0.29, 0.717) is 0 Å². The highest BCUT2D eigenvalue weighted by molar-refractivity contribution is 5.83. The summed E-state index contributed by atoms with van der Waals surface area (Å²) in [5.41, 5.74) is -0.109. The van der Waals surface area contributed by atoms with Crippen LogP contribution in [0.4, 0.5) is 0 Å². The van der Waals surface area contributed by atoms with Crippen molar-refractivity contribution >= 4 is 5.91 Å². The maximum Gasteiger partial charge on any atom is 0.227 e. The molecule has 3 heteroatoms. The number of nitrogens with one attached hydrogen (secondary N) is 2. The summed E-state index contributed by atoms with van der Waals surface area (Å²) >= 11 is 0. The van der Waals surface area contributed by atoms with Crippen molar-refractivity contribution in [2.24, 2.45) is 5.41 Å². The van der Waals surface area contributed by atoms with Crippen molar-refractivity contribution in [3.05, 3.63) is 0 Å². The topological polar surface area (TPSA) is 41.1 Å². The molecule has 0 bridgehead atoms. The SMILES string of the molecule is CCCCNC(=O)C1(CCC)CCNC1. The van der Waals surface area contributed by atoms with Crippen molar-refractivity contribution in [1.29, 1.82) is 0 Å². The van der Waals surface area contributed by atoms with Crippen LogP contribution in [0, 0.1) is 5.41 Å². The first-order valence-electron chi connectivity index (χ1n) is 6.24. The average Bonchev–Trinajstić information content (AvgIpc) is 2.68. The Bertz CT molecular complexity index is 198. The zero-order chi connectivity index (χ0) is 11.1. The highest BCUT2D eigenvalue weighted by Gasteiger charge is 2.39. The third-order valence-electron chi connectivity index (χ3n) is 3.27. The van der Waals surface area contributed by atoms with Crippen LogP contribution in [0.3, 0.4) is 0 Å². The van der Waals surface area contributed by atoms with Crippen LogP contribution >= 0.6 is 0 Å². The summed E-state index contributed by atoms with van der Waals surface area (Å²) in [6.07, 6.45) is 5.32. The third-order valence-corrected chi connectivity index (χ3v) is 3.27. The molecule has 0 saturated carbocycles. The molecule has 1 fully saturated rings. The van der Waals surface area contributed by atoms with Gasteiger partial charge in [-0.15, -0.1) is 0 Å². The molecule has 0 aromatic heterocycles. The van der Waals surface area contributed by atoms with E-state index in [0.717, 1.165) is 51.7 Å². The summed E-state index contributed by atoms with van der Waals surface area (Å²) in [5, 5.41) is 6.38. The molecule has 1 aliphatic rings. The van der Waals surface area contributed by atoms with Gasteiger partial charge < -0.3 is 10.6 Å². The first-order chi connectivity index (χ1) is 7.25. The van der Waals surface area contributed by atoms with Gasteiger partial charge in [0.05, 0.1) is 5.41 Å². The molecule has 0 aromatic rings. The molecule has 88 valence electrons. The number of carbonyl (C=O) groups is 1. The van der Waals surface area contributed by atoms with Crippen LogP contribution in [0.2, 0.25) is 0 Å². The maximum atomic E-state index is 12.1. The molecule has 1 atom stereocenters.